The highest BCUT2D eigenvalue weighted by Gasteiger charge is 2.19. The van der Waals surface area contributed by atoms with Crippen molar-refractivity contribution in [2.75, 3.05) is 5.32 Å². The van der Waals surface area contributed by atoms with Crippen LogP contribution in [-0.4, -0.2) is 16.9 Å². The Balaban J connectivity index is 1.79. The molecule has 1 amide bonds. The highest BCUT2D eigenvalue weighted by atomic mass is 16.1. The van der Waals surface area contributed by atoms with Gasteiger partial charge in [-0.25, -0.2) is 4.98 Å². The van der Waals surface area contributed by atoms with Gasteiger partial charge in [-0.15, -0.1) is 0 Å². The van der Waals surface area contributed by atoms with E-state index in [1.165, 1.54) is 24.8 Å². The number of carbonyl (C=O) groups excluding carboxylic acids is 1. The first-order valence-corrected chi connectivity index (χ1v) is 8.73. The lowest BCUT2D eigenvalue weighted by Gasteiger charge is -2.23. The van der Waals surface area contributed by atoms with Gasteiger partial charge in [0.1, 0.15) is 5.82 Å². The number of nitrogens with zero attached hydrogens (tertiary/aromatic N) is 1. The molecule has 1 heterocycles. The Bertz CT molecular complexity index is 721. The van der Waals surface area contributed by atoms with E-state index in [0.29, 0.717) is 17.4 Å². The minimum absolute atomic E-state index is 0.0391. The van der Waals surface area contributed by atoms with Gasteiger partial charge in [0, 0.05) is 17.9 Å². The second-order valence-corrected chi connectivity index (χ2v) is 6.65. The summed E-state index contributed by atoms with van der Waals surface area (Å²) in [5.41, 5.74) is 3.89. The summed E-state index contributed by atoms with van der Waals surface area (Å²) in [5, 5.41) is 6.50. The minimum Gasteiger partial charge on any atom is -0.349 e. The predicted molar refractivity (Wildman–Crippen MR) is 97.8 cm³/mol. The van der Waals surface area contributed by atoms with Gasteiger partial charge in [0.05, 0.1) is 5.56 Å². The molecule has 4 nitrogen and oxygen atoms in total. The van der Waals surface area contributed by atoms with Crippen molar-refractivity contribution in [3.8, 4) is 0 Å². The lowest BCUT2D eigenvalue weighted by Crippen LogP contribution is -2.36. The smallest absolute Gasteiger partial charge is 0.255 e. The Morgan fingerprint density at radius 2 is 1.92 bits per heavy atom. The molecule has 126 valence electrons. The topological polar surface area (TPSA) is 54.0 Å². The van der Waals surface area contributed by atoms with E-state index in [1.54, 1.807) is 6.20 Å². The van der Waals surface area contributed by atoms with Gasteiger partial charge in [-0.1, -0.05) is 31.4 Å². The molecular weight excluding hydrogens is 298 g/mol. The van der Waals surface area contributed by atoms with Crippen molar-refractivity contribution in [2.45, 2.75) is 52.0 Å². The van der Waals surface area contributed by atoms with Crippen LogP contribution in [0.3, 0.4) is 0 Å². The molecule has 3 rings (SSSR count). The molecule has 0 aliphatic heterocycles. The summed E-state index contributed by atoms with van der Waals surface area (Å²) in [6.07, 6.45) is 7.54. The molecule has 1 fully saturated rings. The first-order valence-electron chi connectivity index (χ1n) is 8.73. The lowest BCUT2D eigenvalue weighted by atomic mass is 9.95. The molecule has 1 aliphatic carbocycles. The first kappa shape index (κ1) is 16.5. The van der Waals surface area contributed by atoms with Crippen LogP contribution in [-0.2, 0) is 0 Å². The van der Waals surface area contributed by atoms with Crippen LogP contribution in [0.2, 0.25) is 0 Å². The van der Waals surface area contributed by atoms with Crippen LogP contribution in [0.4, 0.5) is 11.5 Å². The Hall–Kier alpha value is -2.36. The van der Waals surface area contributed by atoms with Gasteiger partial charge < -0.3 is 10.6 Å². The van der Waals surface area contributed by atoms with Crippen molar-refractivity contribution in [1.29, 1.82) is 0 Å². The van der Waals surface area contributed by atoms with Gasteiger partial charge in [-0.3, -0.25) is 4.79 Å². The molecule has 0 atom stereocenters. The van der Waals surface area contributed by atoms with Gasteiger partial charge in [0.2, 0.25) is 0 Å². The van der Waals surface area contributed by atoms with Crippen LogP contribution in [0.15, 0.2) is 36.5 Å². The van der Waals surface area contributed by atoms with E-state index in [4.69, 9.17) is 0 Å². The third kappa shape index (κ3) is 3.94. The van der Waals surface area contributed by atoms with Crippen molar-refractivity contribution < 1.29 is 4.79 Å². The average Bonchev–Trinajstić information content (AvgIpc) is 2.59. The number of rotatable bonds is 4. The number of aromatic nitrogens is 1. The zero-order valence-corrected chi connectivity index (χ0v) is 14.4. The zero-order chi connectivity index (χ0) is 16.9. The molecule has 0 spiro atoms. The molecule has 2 aromatic rings. The summed E-state index contributed by atoms with van der Waals surface area (Å²) in [4.78, 5) is 17.1. The van der Waals surface area contributed by atoms with Crippen molar-refractivity contribution in [2.24, 2.45) is 0 Å². The van der Waals surface area contributed by atoms with Crippen LogP contribution in [0, 0.1) is 13.8 Å². The summed E-state index contributed by atoms with van der Waals surface area (Å²) in [6.45, 7) is 4.10. The Kier molecular flexibility index (Phi) is 5.14. The summed E-state index contributed by atoms with van der Waals surface area (Å²) in [6, 6.07) is 10.2. The Morgan fingerprint density at radius 3 is 2.71 bits per heavy atom. The van der Waals surface area contributed by atoms with Crippen molar-refractivity contribution in [1.82, 2.24) is 10.3 Å². The summed E-state index contributed by atoms with van der Waals surface area (Å²) in [5.74, 6) is 0.572. The monoisotopic (exact) mass is 323 g/mol. The van der Waals surface area contributed by atoms with Gasteiger partial charge in [0.15, 0.2) is 0 Å². The normalized spacial score (nSPS) is 15.1. The van der Waals surface area contributed by atoms with Crippen LogP contribution >= 0.6 is 0 Å². The van der Waals surface area contributed by atoms with Gasteiger partial charge in [-0.2, -0.15) is 0 Å². The fourth-order valence-corrected chi connectivity index (χ4v) is 3.20. The molecular formula is C20H25N3O. The average molecular weight is 323 g/mol. The molecule has 1 saturated carbocycles. The molecule has 0 radical (unpaired) electrons. The van der Waals surface area contributed by atoms with Crippen molar-refractivity contribution in [3.63, 3.8) is 0 Å². The van der Waals surface area contributed by atoms with E-state index in [0.717, 1.165) is 24.1 Å². The molecule has 2 N–H and O–H groups in total. The number of pyridine rings is 1. The summed E-state index contributed by atoms with van der Waals surface area (Å²) < 4.78 is 0. The second kappa shape index (κ2) is 7.47. The third-order valence-corrected chi connectivity index (χ3v) is 4.64. The number of benzene rings is 1. The molecule has 1 aromatic heterocycles. The van der Waals surface area contributed by atoms with Crippen molar-refractivity contribution in [3.05, 3.63) is 53.2 Å². The summed E-state index contributed by atoms with van der Waals surface area (Å²) >= 11 is 0. The first-order chi connectivity index (χ1) is 11.6. The van der Waals surface area contributed by atoms with Crippen molar-refractivity contribution >= 4 is 17.4 Å². The van der Waals surface area contributed by atoms with Crippen LogP contribution in [0.25, 0.3) is 0 Å². The molecule has 0 unspecified atom stereocenters. The quantitative estimate of drug-likeness (QED) is 0.870. The third-order valence-electron chi connectivity index (χ3n) is 4.64. The van der Waals surface area contributed by atoms with E-state index in [9.17, 15) is 4.79 Å². The van der Waals surface area contributed by atoms with E-state index in [-0.39, 0.29) is 5.91 Å². The Labute approximate surface area is 143 Å². The molecule has 0 saturated heterocycles. The molecule has 1 aliphatic rings. The maximum atomic E-state index is 12.7. The van der Waals surface area contributed by atoms with Crippen LogP contribution in [0.5, 0.6) is 0 Å². The molecule has 24 heavy (non-hydrogen) atoms. The molecule has 1 aromatic carbocycles. The van der Waals surface area contributed by atoms with E-state index in [1.807, 2.05) is 19.1 Å². The maximum Gasteiger partial charge on any atom is 0.255 e. The molecule has 0 bridgehead atoms. The Morgan fingerprint density at radius 1 is 1.12 bits per heavy atom. The SMILES string of the molecule is Cc1ccc(C)c(Nc2ncccc2C(=O)NC2CCCCC2)c1. The van der Waals surface area contributed by atoms with E-state index >= 15 is 0 Å². The number of hydrogen-bond acceptors (Lipinski definition) is 3. The van der Waals surface area contributed by atoms with E-state index < -0.39 is 0 Å². The lowest BCUT2D eigenvalue weighted by molar-refractivity contribution is 0.0928. The van der Waals surface area contributed by atoms with Crippen LogP contribution < -0.4 is 10.6 Å². The number of nitrogens with one attached hydrogen (secondary N) is 2. The van der Waals surface area contributed by atoms with E-state index in [2.05, 4.69) is 40.7 Å². The maximum absolute atomic E-state index is 12.7. The fraction of sp³-hybridized carbons (Fsp3) is 0.400. The standard InChI is InChI=1S/C20H25N3O/c1-14-10-11-15(2)18(13-14)23-19-17(9-6-12-21-19)20(24)22-16-7-4-3-5-8-16/h6,9-13,16H,3-5,7-8H2,1-2H3,(H,21,23)(H,22,24). The van der Waals surface area contributed by atoms with Gasteiger partial charge in [-0.05, 0) is 56.0 Å². The van der Waals surface area contributed by atoms with Gasteiger partial charge in [0.25, 0.3) is 5.91 Å². The van der Waals surface area contributed by atoms with Gasteiger partial charge >= 0.3 is 0 Å². The second-order valence-electron chi connectivity index (χ2n) is 6.65. The number of carbonyl (C=O) groups is 1. The highest BCUT2D eigenvalue weighted by Crippen LogP contribution is 2.24. The number of hydrogen-bond donors (Lipinski definition) is 2. The number of amides is 1. The zero-order valence-electron chi connectivity index (χ0n) is 14.4. The minimum atomic E-state index is -0.0391. The predicted octanol–water partition coefficient (Wildman–Crippen LogP) is 4.50. The summed E-state index contributed by atoms with van der Waals surface area (Å²) in [7, 11) is 0. The fourth-order valence-electron chi connectivity index (χ4n) is 3.20. The number of aryl methyl sites for hydroxylation is 2. The largest absolute Gasteiger partial charge is 0.349 e. The highest BCUT2D eigenvalue weighted by molar-refractivity contribution is 5.99. The molecule has 4 heteroatoms. The van der Waals surface area contributed by atoms with Crippen LogP contribution in [0.1, 0.15) is 53.6 Å². The number of anilines is 2.